The number of rotatable bonds is 5. The van der Waals surface area contributed by atoms with Crippen LogP contribution in [0.25, 0.3) is 0 Å². The highest BCUT2D eigenvalue weighted by Crippen LogP contribution is 2.29. The quantitative estimate of drug-likeness (QED) is 0.779. The van der Waals surface area contributed by atoms with Crippen molar-refractivity contribution in [3.63, 3.8) is 0 Å². The second kappa shape index (κ2) is 6.01. The number of benzene rings is 1. The minimum Gasteiger partial charge on any atom is -0.494 e. The molecule has 1 fully saturated rings. The molecule has 1 heterocycles. The largest absolute Gasteiger partial charge is 0.494 e. The summed E-state index contributed by atoms with van der Waals surface area (Å²) in [5.74, 6) is 0.151. The summed E-state index contributed by atoms with van der Waals surface area (Å²) in [6.45, 7) is 2.79. The third-order valence-corrected chi connectivity index (χ3v) is 4.33. The Hall–Kier alpha value is -1.27. The van der Waals surface area contributed by atoms with Crippen LogP contribution >= 0.6 is 10.7 Å². The molecule has 0 aromatic heterocycles. The molecule has 7 heteroatoms. The zero-order valence-electron chi connectivity index (χ0n) is 11.1. The maximum atomic E-state index is 12.0. The van der Waals surface area contributed by atoms with Gasteiger partial charge in [0.25, 0.3) is 0 Å². The van der Waals surface area contributed by atoms with E-state index in [1.807, 2.05) is 13.0 Å². The SMILES string of the molecule is CCOc1cccc(N2CC(CS(=O)(=O)Cl)CC2=O)c1. The van der Waals surface area contributed by atoms with E-state index in [1.54, 1.807) is 23.1 Å². The number of halogens is 1. The van der Waals surface area contributed by atoms with E-state index < -0.39 is 9.05 Å². The number of anilines is 1. The van der Waals surface area contributed by atoms with Gasteiger partial charge < -0.3 is 9.64 Å². The van der Waals surface area contributed by atoms with E-state index in [0.717, 1.165) is 5.69 Å². The number of hydrogen-bond donors (Lipinski definition) is 0. The van der Waals surface area contributed by atoms with Crippen LogP contribution in [0.1, 0.15) is 13.3 Å². The second-order valence-corrected chi connectivity index (χ2v) is 7.53. The molecule has 0 bridgehead atoms. The molecule has 1 aliphatic rings. The van der Waals surface area contributed by atoms with Crippen LogP contribution in [0.15, 0.2) is 24.3 Å². The summed E-state index contributed by atoms with van der Waals surface area (Å²) in [6, 6.07) is 7.20. The molecule has 2 rings (SSSR count). The Labute approximate surface area is 122 Å². The molecular weight excluding hydrogens is 302 g/mol. The van der Waals surface area contributed by atoms with Gasteiger partial charge in [-0.05, 0) is 19.1 Å². The molecule has 0 saturated carbocycles. The van der Waals surface area contributed by atoms with Crippen molar-refractivity contribution < 1.29 is 17.9 Å². The van der Waals surface area contributed by atoms with E-state index in [0.29, 0.717) is 18.9 Å². The van der Waals surface area contributed by atoms with Gasteiger partial charge in [-0.3, -0.25) is 4.79 Å². The van der Waals surface area contributed by atoms with Crippen LogP contribution < -0.4 is 9.64 Å². The summed E-state index contributed by atoms with van der Waals surface area (Å²) in [6.07, 6.45) is 0.199. The maximum absolute atomic E-state index is 12.0. The lowest BCUT2D eigenvalue weighted by Gasteiger charge is -2.17. The van der Waals surface area contributed by atoms with E-state index in [1.165, 1.54) is 0 Å². The van der Waals surface area contributed by atoms with Gasteiger partial charge in [0, 0.05) is 41.3 Å². The van der Waals surface area contributed by atoms with Crippen LogP contribution in [0.5, 0.6) is 5.75 Å². The first kappa shape index (κ1) is 15.1. The van der Waals surface area contributed by atoms with Crippen molar-refractivity contribution in [1.29, 1.82) is 0 Å². The van der Waals surface area contributed by atoms with Gasteiger partial charge in [-0.2, -0.15) is 0 Å². The number of hydrogen-bond acceptors (Lipinski definition) is 4. The lowest BCUT2D eigenvalue weighted by molar-refractivity contribution is -0.117. The van der Waals surface area contributed by atoms with Gasteiger partial charge >= 0.3 is 0 Å². The summed E-state index contributed by atoms with van der Waals surface area (Å²) in [7, 11) is 1.66. The highest BCUT2D eigenvalue weighted by atomic mass is 35.7. The number of ether oxygens (including phenoxy) is 1. The van der Waals surface area contributed by atoms with Gasteiger partial charge in [0.15, 0.2) is 0 Å². The number of carbonyl (C=O) groups is 1. The molecule has 1 aromatic carbocycles. The fourth-order valence-corrected chi connectivity index (χ4v) is 3.65. The molecule has 1 saturated heterocycles. The molecule has 0 radical (unpaired) electrons. The van der Waals surface area contributed by atoms with Gasteiger partial charge in [-0.15, -0.1) is 0 Å². The molecule has 0 aliphatic carbocycles. The van der Waals surface area contributed by atoms with Crippen LogP contribution in [-0.4, -0.2) is 33.2 Å². The van der Waals surface area contributed by atoms with Crippen molar-refractivity contribution in [3.05, 3.63) is 24.3 Å². The van der Waals surface area contributed by atoms with Gasteiger partial charge in [0.05, 0.1) is 12.4 Å². The van der Waals surface area contributed by atoms with Crippen molar-refractivity contribution in [1.82, 2.24) is 0 Å². The van der Waals surface area contributed by atoms with E-state index in [9.17, 15) is 13.2 Å². The monoisotopic (exact) mass is 317 g/mol. The standard InChI is InChI=1S/C13H16ClNO4S/c1-2-19-12-5-3-4-11(7-12)15-8-10(6-13(15)16)9-20(14,17)18/h3-5,7,10H,2,6,8-9H2,1H3. The van der Waals surface area contributed by atoms with Gasteiger partial charge in [-0.25, -0.2) is 8.42 Å². The maximum Gasteiger partial charge on any atom is 0.232 e. The lowest BCUT2D eigenvalue weighted by atomic mass is 10.1. The van der Waals surface area contributed by atoms with Crippen LogP contribution in [0, 0.1) is 5.92 Å². The van der Waals surface area contributed by atoms with Crippen molar-refractivity contribution in [2.24, 2.45) is 5.92 Å². The summed E-state index contributed by atoms with van der Waals surface area (Å²) in [5.41, 5.74) is 0.718. The van der Waals surface area contributed by atoms with Gasteiger partial charge in [0.2, 0.25) is 15.0 Å². The molecule has 110 valence electrons. The summed E-state index contributed by atoms with van der Waals surface area (Å²) in [4.78, 5) is 13.6. The summed E-state index contributed by atoms with van der Waals surface area (Å²) < 4.78 is 27.6. The molecule has 1 aliphatic heterocycles. The Morgan fingerprint density at radius 2 is 2.20 bits per heavy atom. The molecular formula is C13H16ClNO4S. The second-order valence-electron chi connectivity index (χ2n) is 4.71. The van der Waals surface area contributed by atoms with E-state index in [-0.39, 0.29) is 24.0 Å². The summed E-state index contributed by atoms with van der Waals surface area (Å²) >= 11 is 0. The average molecular weight is 318 g/mol. The predicted octanol–water partition coefficient (Wildman–Crippen LogP) is 2.01. The van der Waals surface area contributed by atoms with Crippen LogP contribution in [0.3, 0.4) is 0 Å². The molecule has 20 heavy (non-hydrogen) atoms. The molecule has 0 spiro atoms. The third-order valence-electron chi connectivity index (χ3n) is 3.08. The first-order valence-electron chi connectivity index (χ1n) is 6.34. The Morgan fingerprint density at radius 1 is 1.45 bits per heavy atom. The number of carbonyl (C=O) groups excluding carboxylic acids is 1. The first-order chi connectivity index (χ1) is 9.39. The average Bonchev–Trinajstić information content (AvgIpc) is 2.68. The summed E-state index contributed by atoms with van der Waals surface area (Å²) in [5, 5.41) is 0. The Bertz CT molecular complexity index is 602. The van der Waals surface area contributed by atoms with Crippen molar-refractivity contribution >= 4 is 31.3 Å². The van der Waals surface area contributed by atoms with Gasteiger partial charge in [-0.1, -0.05) is 6.07 Å². The number of amides is 1. The topological polar surface area (TPSA) is 63.7 Å². The Balaban J connectivity index is 2.13. The zero-order valence-corrected chi connectivity index (χ0v) is 12.7. The molecule has 0 N–H and O–H groups in total. The predicted molar refractivity (Wildman–Crippen MR) is 77.7 cm³/mol. The molecule has 1 unspecified atom stereocenters. The van der Waals surface area contributed by atoms with Crippen molar-refractivity contribution in [2.75, 3.05) is 23.8 Å². The highest BCUT2D eigenvalue weighted by molar-refractivity contribution is 8.13. The Kier molecular flexibility index (Phi) is 4.55. The third kappa shape index (κ3) is 3.86. The normalized spacial score (nSPS) is 19.4. The highest BCUT2D eigenvalue weighted by Gasteiger charge is 2.33. The first-order valence-corrected chi connectivity index (χ1v) is 8.82. The lowest BCUT2D eigenvalue weighted by Crippen LogP contribution is -2.25. The van der Waals surface area contributed by atoms with Crippen LogP contribution in [-0.2, 0) is 13.8 Å². The molecule has 5 nitrogen and oxygen atoms in total. The van der Waals surface area contributed by atoms with Gasteiger partial charge in [0.1, 0.15) is 5.75 Å². The minimum absolute atomic E-state index is 0.0936. The molecule has 1 aromatic rings. The van der Waals surface area contributed by atoms with Crippen molar-refractivity contribution in [3.8, 4) is 5.75 Å². The van der Waals surface area contributed by atoms with Crippen LogP contribution in [0.2, 0.25) is 0 Å². The Morgan fingerprint density at radius 3 is 2.85 bits per heavy atom. The smallest absolute Gasteiger partial charge is 0.232 e. The fraction of sp³-hybridized carbons (Fsp3) is 0.462. The van der Waals surface area contributed by atoms with E-state index in [2.05, 4.69) is 0 Å². The molecule has 1 amide bonds. The zero-order chi connectivity index (χ0) is 14.8. The fourth-order valence-electron chi connectivity index (χ4n) is 2.33. The van der Waals surface area contributed by atoms with Crippen LogP contribution in [0.4, 0.5) is 5.69 Å². The minimum atomic E-state index is -3.58. The van der Waals surface area contributed by atoms with E-state index >= 15 is 0 Å². The molecule has 1 atom stereocenters. The number of nitrogens with zero attached hydrogens (tertiary/aromatic N) is 1. The van der Waals surface area contributed by atoms with E-state index in [4.69, 9.17) is 15.4 Å². The van der Waals surface area contributed by atoms with Crippen molar-refractivity contribution in [2.45, 2.75) is 13.3 Å².